The number of thiophene rings is 1. The Bertz CT molecular complexity index is 2710. The summed E-state index contributed by atoms with van der Waals surface area (Å²) in [5.41, 5.74) is 13.3. The van der Waals surface area contributed by atoms with Crippen molar-refractivity contribution in [2.75, 3.05) is 57.7 Å². The molecule has 0 radical (unpaired) electrons. The topological polar surface area (TPSA) is 208 Å². The van der Waals surface area contributed by atoms with Crippen LogP contribution in [0.5, 0.6) is 0 Å². The fraction of sp³-hybridized carbons (Fsp3) is 0.446. The number of hydrogen-bond donors (Lipinski definition) is 4. The minimum Gasteiger partial charge on any atom is -0.449 e. The molecule has 0 spiro atoms. The molecule has 6 amide bonds. The maximum atomic E-state index is 13.8. The summed E-state index contributed by atoms with van der Waals surface area (Å²) < 4.78 is 11.4. The number of carbonyl (C=O) groups excluding carboxylic acids is 6. The molecule has 1 aliphatic carbocycles. The summed E-state index contributed by atoms with van der Waals surface area (Å²) in [4.78, 5) is 94.7. The number of amidine groups is 1. The van der Waals surface area contributed by atoms with Crippen molar-refractivity contribution in [3.8, 4) is 11.1 Å². The van der Waals surface area contributed by atoms with Gasteiger partial charge < -0.3 is 45.9 Å². The lowest BCUT2D eigenvalue weighted by molar-refractivity contribution is -0.140. The van der Waals surface area contributed by atoms with Gasteiger partial charge in [-0.1, -0.05) is 88.4 Å². The van der Waals surface area contributed by atoms with Gasteiger partial charge in [0.2, 0.25) is 23.6 Å². The summed E-state index contributed by atoms with van der Waals surface area (Å²) >= 11 is 1.61. The molecule has 0 saturated carbocycles. The van der Waals surface area contributed by atoms with Crippen LogP contribution in [0, 0.1) is 5.92 Å². The highest BCUT2D eigenvalue weighted by molar-refractivity contribution is 7.13. The van der Waals surface area contributed by atoms with Crippen LogP contribution in [0.2, 0.25) is 0 Å². The van der Waals surface area contributed by atoms with Crippen LogP contribution in [0.1, 0.15) is 99.1 Å². The number of nitrogens with one attached hydrogen (secondary N) is 3. The third kappa shape index (κ3) is 12.6. The molecule has 4 aromatic rings. The molecule has 3 atom stereocenters. The van der Waals surface area contributed by atoms with Crippen LogP contribution in [-0.2, 0) is 41.8 Å². The average Bonchev–Trinajstić information content (AvgIpc) is 4.09. The number of piperazine rings is 1. The Hall–Kier alpha value is -7.05. The van der Waals surface area contributed by atoms with Crippen LogP contribution in [0.25, 0.3) is 17.2 Å². The minimum atomic E-state index is -0.956. The predicted octanol–water partition coefficient (Wildman–Crippen LogP) is 7.62. The Balaban J connectivity index is 0.763. The van der Waals surface area contributed by atoms with Gasteiger partial charge in [0.15, 0.2) is 0 Å². The number of ether oxygens (including phenoxy) is 2. The second-order valence-electron chi connectivity index (χ2n) is 19.8. The van der Waals surface area contributed by atoms with Crippen LogP contribution < -0.4 is 21.7 Å². The van der Waals surface area contributed by atoms with Crippen molar-refractivity contribution in [3.63, 3.8) is 0 Å². The smallest absolute Gasteiger partial charge is 0.410 e. The van der Waals surface area contributed by atoms with Gasteiger partial charge >= 0.3 is 12.2 Å². The number of aliphatic imine (C=N–C) groups is 1. The first kappa shape index (κ1) is 53.2. The van der Waals surface area contributed by atoms with E-state index in [9.17, 15) is 28.8 Å². The number of carbonyl (C=O) groups is 6. The Morgan fingerprint density at radius 3 is 2.15 bits per heavy atom. The number of fused-ring (bicyclic) bond motifs is 4. The monoisotopic (exact) mass is 1030 g/mol. The normalized spacial score (nSPS) is 17.2. The van der Waals surface area contributed by atoms with Crippen molar-refractivity contribution in [3.05, 3.63) is 111 Å². The molecule has 2 fully saturated rings. The van der Waals surface area contributed by atoms with Crippen LogP contribution >= 0.6 is 11.3 Å². The van der Waals surface area contributed by atoms with Crippen LogP contribution in [-0.4, -0.2) is 132 Å². The van der Waals surface area contributed by atoms with Gasteiger partial charge in [-0.25, -0.2) is 14.6 Å². The van der Waals surface area contributed by atoms with Gasteiger partial charge in [-0.3, -0.25) is 24.1 Å². The summed E-state index contributed by atoms with van der Waals surface area (Å²) in [5.74, 6) is -1.25. The molecule has 4 aliphatic rings. The number of hydrogen-bond acceptors (Lipinski definition) is 12. The number of alkyl carbamates (subject to hydrolysis) is 1. The molecule has 8 rings (SSSR count). The molecule has 392 valence electrons. The molecule has 0 bridgehead atoms. The number of benzene rings is 3. The summed E-state index contributed by atoms with van der Waals surface area (Å²) in [6.45, 7) is 14.3. The molecule has 74 heavy (non-hydrogen) atoms. The zero-order chi connectivity index (χ0) is 52.5. The second-order valence-corrected chi connectivity index (χ2v) is 21.0. The zero-order valence-electron chi connectivity index (χ0n) is 43.1. The summed E-state index contributed by atoms with van der Waals surface area (Å²) in [5, 5.41) is 8.44. The molecule has 3 aliphatic heterocycles. The van der Waals surface area contributed by atoms with E-state index in [0.717, 1.165) is 56.1 Å². The van der Waals surface area contributed by atoms with E-state index in [1.165, 1.54) is 4.90 Å². The van der Waals surface area contributed by atoms with E-state index in [2.05, 4.69) is 51.8 Å². The second kappa shape index (κ2) is 24.3. The zero-order valence-corrected chi connectivity index (χ0v) is 43.9. The average molecular weight is 1030 g/mol. The van der Waals surface area contributed by atoms with Gasteiger partial charge in [0.1, 0.15) is 37.2 Å². The first-order chi connectivity index (χ1) is 35.7. The predicted molar refractivity (Wildman–Crippen MR) is 287 cm³/mol. The number of anilines is 1. The molecule has 17 nitrogen and oxygen atoms in total. The van der Waals surface area contributed by atoms with Crippen molar-refractivity contribution in [1.82, 2.24) is 30.2 Å². The van der Waals surface area contributed by atoms with Gasteiger partial charge in [-0.2, -0.15) is 0 Å². The Morgan fingerprint density at radius 2 is 1.50 bits per heavy atom. The quantitative estimate of drug-likeness (QED) is 0.0767. The number of likely N-dealkylation sites (tertiary alicyclic amines) is 1. The molecule has 1 aromatic heterocycles. The lowest BCUT2D eigenvalue weighted by Crippen LogP contribution is -2.56. The highest BCUT2D eigenvalue weighted by atomic mass is 32.1. The number of nitrogens with zero attached hydrogens (tertiary/aromatic N) is 5. The van der Waals surface area contributed by atoms with Gasteiger partial charge in [0.05, 0.1) is 10.6 Å². The van der Waals surface area contributed by atoms with Gasteiger partial charge in [-0.15, -0.1) is 11.3 Å². The van der Waals surface area contributed by atoms with E-state index in [0.29, 0.717) is 88.7 Å². The van der Waals surface area contributed by atoms with Crippen molar-refractivity contribution >= 4 is 70.4 Å². The van der Waals surface area contributed by atoms with E-state index in [1.54, 1.807) is 47.4 Å². The van der Waals surface area contributed by atoms with Crippen molar-refractivity contribution in [1.29, 1.82) is 0 Å². The van der Waals surface area contributed by atoms with E-state index in [4.69, 9.17) is 15.2 Å². The van der Waals surface area contributed by atoms with Crippen molar-refractivity contribution in [2.45, 2.75) is 104 Å². The standard InChI is InChI=1S/C56H69N9O8S/c1-6-22-63(23-7-2)54(69)38-29-48-46(60-49(57)30-38)31-40(74-48)32-62-25-27-64(28-26-62)56(71)73-33-37-18-20-39(21-19-37)59-52(67)50(35(3)4)61-51(66)47-17-12-24-65(47)53(68)36(5)58-55(70)72-34-45-43-15-10-8-13-41(43)42-14-9-11-16-44(42)45/h8-11,13-16,18-21,29,31,35-36,45,47,50H,6-7,12,17,22-28,30,32-34H2,1-5H3,(H2,57,60)(H,58,70)(H,59,67)(H,61,66)/t36-,47+,50+/m1/s1. The Kier molecular flexibility index (Phi) is 17.5. The van der Waals surface area contributed by atoms with E-state index in [1.807, 2.05) is 67.3 Å². The molecule has 5 N–H and O–H groups in total. The minimum absolute atomic E-state index is 0.0141. The van der Waals surface area contributed by atoms with Gasteiger partial charge in [-0.05, 0) is 90.6 Å². The third-order valence-electron chi connectivity index (χ3n) is 14.0. The first-order valence-corrected chi connectivity index (χ1v) is 26.7. The lowest BCUT2D eigenvalue weighted by Gasteiger charge is -2.33. The molecule has 4 heterocycles. The Labute approximate surface area is 437 Å². The van der Waals surface area contributed by atoms with Crippen molar-refractivity contribution in [2.24, 2.45) is 16.6 Å². The van der Waals surface area contributed by atoms with E-state index in [-0.39, 0.29) is 31.0 Å². The maximum absolute atomic E-state index is 13.8. The van der Waals surface area contributed by atoms with E-state index < -0.39 is 48.0 Å². The highest BCUT2D eigenvalue weighted by Gasteiger charge is 2.39. The van der Waals surface area contributed by atoms with E-state index >= 15 is 0 Å². The maximum Gasteiger partial charge on any atom is 0.410 e. The summed E-state index contributed by atoms with van der Waals surface area (Å²) in [7, 11) is 0. The number of nitrogens with two attached hydrogens (primary N) is 1. The van der Waals surface area contributed by atoms with Gasteiger partial charge in [0, 0.05) is 80.8 Å². The SMILES string of the molecule is CCCN(CCC)C(=O)C1=Cc2sc(CN3CCN(C(=O)OCc4ccc(NC(=O)[C@@H](NC(=O)[C@@H]5CCCN5C(=O)[C@@H](C)NC(=O)OCC5c6ccccc6-c6ccccc65)C(C)C)cc4)CC3)cc2N=C(N)C1. The fourth-order valence-electron chi connectivity index (χ4n) is 10.2. The fourth-order valence-corrected chi connectivity index (χ4v) is 11.3. The van der Waals surface area contributed by atoms with Crippen LogP contribution in [0.4, 0.5) is 21.0 Å². The third-order valence-corrected chi connectivity index (χ3v) is 15.1. The van der Waals surface area contributed by atoms with Crippen LogP contribution in [0.3, 0.4) is 0 Å². The first-order valence-electron chi connectivity index (χ1n) is 25.9. The largest absolute Gasteiger partial charge is 0.449 e. The number of rotatable bonds is 18. The Morgan fingerprint density at radius 1 is 0.838 bits per heavy atom. The summed E-state index contributed by atoms with van der Waals surface area (Å²) in [6, 6.07) is 22.4. The molecule has 2 saturated heterocycles. The van der Waals surface area contributed by atoms with Crippen LogP contribution in [0.15, 0.2) is 89.4 Å². The molecular formula is C56H69N9O8S. The highest BCUT2D eigenvalue weighted by Crippen LogP contribution is 2.44. The molecule has 18 heteroatoms. The molecule has 3 aromatic carbocycles. The van der Waals surface area contributed by atoms with Crippen molar-refractivity contribution < 1.29 is 38.2 Å². The molecule has 0 unspecified atom stereocenters. The lowest BCUT2D eigenvalue weighted by atomic mass is 9.98. The number of amides is 6. The molecular weight excluding hydrogens is 959 g/mol. The summed E-state index contributed by atoms with van der Waals surface area (Å²) in [6.07, 6.45) is 3.92. The van der Waals surface area contributed by atoms with Gasteiger partial charge in [0.25, 0.3) is 0 Å².